The zero-order valence-corrected chi connectivity index (χ0v) is 8.07. The van der Waals surface area contributed by atoms with E-state index in [9.17, 15) is 4.39 Å². The Morgan fingerprint density at radius 1 is 1.50 bits per heavy atom. The van der Waals surface area contributed by atoms with Crippen LogP contribution in [0, 0.1) is 5.82 Å². The van der Waals surface area contributed by atoms with Crippen molar-refractivity contribution in [1.82, 2.24) is 5.32 Å². The normalized spacial score (nSPS) is 22.0. The lowest BCUT2D eigenvalue weighted by molar-refractivity contribution is 0.369. The zero-order chi connectivity index (χ0) is 8.55. The van der Waals surface area contributed by atoms with Crippen molar-refractivity contribution in [2.24, 2.45) is 0 Å². The van der Waals surface area contributed by atoms with E-state index in [1.165, 1.54) is 6.07 Å². The van der Waals surface area contributed by atoms with Crippen molar-refractivity contribution in [3.05, 3.63) is 34.1 Å². The molecule has 1 aliphatic heterocycles. The fraction of sp³-hybridized carbons (Fsp3) is 0.333. The highest BCUT2D eigenvalue weighted by molar-refractivity contribution is 9.10. The summed E-state index contributed by atoms with van der Waals surface area (Å²) in [7, 11) is 0. The molecule has 1 N–H and O–H groups in total. The van der Waals surface area contributed by atoms with E-state index in [2.05, 4.69) is 21.2 Å². The average Bonchev–Trinajstić information content (AvgIpc) is 1.93. The van der Waals surface area contributed by atoms with Crippen LogP contribution in [0.2, 0.25) is 0 Å². The minimum Gasteiger partial charge on any atom is -0.310 e. The fourth-order valence-electron chi connectivity index (χ4n) is 1.38. The Morgan fingerprint density at radius 2 is 2.25 bits per heavy atom. The quantitative estimate of drug-likeness (QED) is 0.781. The van der Waals surface area contributed by atoms with Gasteiger partial charge in [-0.1, -0.05) is 22.0 Å². The van der Waals surface area contributed by atoms with Gasteiger partial charge in [0, 0.05) is 16.1 Å². The fourth-order valence-corrected chi connectivity index (χ4v) is 2.00. The molecule has 1 nitrogen and oxygen atoms in total. The van der Waals surface area contributed by atoms with Crippen molar-refractivity contribution in [3.8, 4) is 0 Å². The Morgan fingerprint density at radius 3 is 2.75 bits per heavy atom. The molecule has 1 aromatic carbocycles. The second-order valence-corrected chi connectivity index (χ2v) is 3.79. The molecule has 0 aromatic heterocycles. The van der Waals surface area contributed by atoms with E-state index in [0.29, 0.717) is 0 Å². The van der Waals surface area contributed by atoms with Gasteiger partial charge >= 0.3 is 0 Å². The van der Waals surface area contributed by atoms with Crippen molar-refractivity contribution in [2.75, 3.05) is 6.54 Å². The lowest BCUT2D eigenvalue weighted by Gasteiger charge is -2.29. The van der Waals surface area contributed by atoms with E-state index in [1.54, 1.807) is 6.07 Å². The molecule has 0 saturated carbocycles. The van der Waals surface area contributed by atoms with Gasteiger partial charge in [0.1, 0.15) is 5.82 Å². The van der Waals surface area contributed by atoms with Gasteiger partial charge < -0.3 is 5.32 Å². The third-order valence-corrected chi connectivity index (χ3v) is 2.86. The molecule has 0 bridgehead atoms. The van der Waals surface area contributed by atoms with Crippen LogP contribution in [0.25, 0.3) is 0 Å². The van der Waals surface area contributed by atoms with Crippen LogP contribution >= 0.6 is 15.9 Å². The van der Waals surface area contributed by atoms with E-state index < -0.39 is 0 Å². The Kier molecular flexibility index (Phi) is 2.15. The first-order valence-corrected chi connectivity index (χ1v) is 4.75. The number of hydrogen-bond acceptors (Lipinski definition) is 1. The number of benzene rings is 1. The van der Waals surface area contributed by atoms with Crippen LogP contribution in [-0.4, -0.2) is 6.54 Å². The lowest BCUT2D eigenvalue weighted by atomic mass is 9.98. The highest BCUT2D eigenvalue weighted by Crippen LogP contribution is 2.31. The number of hydrogen-bond donors (Lipinski definition) is 1. The number of halogens is 2. The second kappa shape index (κ2) is 3.15. The highest BCUT2D eigenvalue weighted by Gasteiger charge is 2.23. The Balaban J connectivity index is 2.39. The molecule has 1 fully saturated rings. The van der Waals surface area contributed by atoms with E-state index in [4.69, 9.17) is 0 Å². The lowest BCUT2D eigenvalue weighted by Crippen LogP contribution is -2.35. The molecule has 1 aromatic rings. The number of rotatable bonds is 1. The maximum absolute atomic E-state index is 13.3. The monoisotopic (exact) mass is 229 g/mol. The summed E-state index contributed by atoms with van der Waals surface area (Å²) in [5.74, 6) is -0.124. The maximum atomic E-state index is 13.3. The van der Waals surface area contributed by atoms with E-state index in [-0.39, 0.29) is 11.9 Å². The van der Waals surface area contributed by atoms with Crippen LogP contribution in [0.1, 0.15) is 18.0 Å². The summed E-state index contributed by atoms with van der Waals surface area (Å²) in [5.41, 5.74) is 0.767. The minimum atomic E-state index is -0.124. The Labute approximate surface area is 79.1 Å². The van der Waals surface area contributed by atoms with Crippen LogP contribution in [-0.2, 0) is 0 Å². The van der Waals surface area contributed by atoms with Gasteiger partial charge in [0.2, 0.25) is 0 Å². The predicted molar refractivity (Wildman–Crippen MR) is 49.5 cm³/mol. The maximum Gasteiger partial charge on any atom is 0.129 e. The van der Waals surface area contributed by atoms with Gasteiger partial charge in [0.15, 0.2) is 0 Å². The van der Waals surface area contributed by atoms with Gasteiger partial charge in [-0.25, -0.2) is 4.39 Å². The largest absolute Gasteiger partial charge is 0.310 e. The van der Waals surface area contributed by atoms with Crippen LogP contribution in [0.5, 0.6) is 0 Å². The summed E-state index contributed by atoms with van der Waals surface area (Å²) in [5, 5.41) is 3.17. The molecule has 0 unspecified atom stereocenters. The van der Waals surface area contributed by atoms with Crippen LogP contribution < -0.4 is 5.32 Å². The molecule has 3 heteroatoms. The molecule has 12 heavy (non-hydrogen) atoms. The molecule has 1 saturated heterocycles. The van der Waals surface area contributed by atoms with Gasteiger partial charge in [-0.05, 0) is 25.1 Å². The average molecular weight is 230 g/mol. The van der Waals surface area contributed by atoms with Crippen molar-refractivity contribution in [3.63, 3.8) is 0 Å². The SMILES string of the molecule is Fc1cccc(Br)c1[C@H]1CCN1. The number of nitrogens with one attached hydrogen (secondary N) is 1. The van der Waals surface area contributed by atoms with Gasteiger partial charge in [-0.2, -0.15) is 0 Å². The van der Waals surface area contributed by atoms with Crippen molar-refractivity contribution >= 4 is 15.9 Å². The summed E-state index contributed by atoms with van der Waals surface area (Å²) in [6.45, 7) is 0.992. The second-order valence-electron chi connectivity index (χ2n) is 2.93. The molecule has 2 rings (SSSR count). The first-order chi connectivity index (χ1) is 5.79. The summed E-state index contributed by atoms with van der Waals surface area (Å²) >= 11 is 3.34. The molecule has 1 heterocycles. The summed E-state index contributed by atoms with van der Waals surface area (Å²) < 4.78 is 14.1. The smallest absolute Gasteiger partial charge is 0.129 e. The van der Waals surface area contributed by atoms with E-state index in [1.807, 2.05) is 6.07 Å². The minimum absolute atomic E-state index is 0.124. The third-order valence-electron chi connectivity index (χ3n) is 2.17. The van der Waals surface area contributed by atoms with Gasteiger partial charge in [-0.15, -0.1) is 0 Å². The van der Waals surface area contributed by atoms with Crippen LogP contribution in [0.3, 0.4) is 0 Å². The summed E-state index contributed by atoms with van der Waals surface area (Å²) in [4.78, 5) is 0. The molecule has 0 spiro atoms. The summed E-state index contributed by atoms with van der Waals surface area (Å²) in [6.07, 6.45) is 1.03. The molecule has 0 amide bonds. The Bertz CT molecular complexity index is 276. The van der Waals surface area contributed by atoms with E-state index >= 15 is 0 Å². The van der Waals surface area contributed by atoms with E-state index in [0.717, 1.165) is 23.0 Å². The van der Waals surface area contributed by atoms with Crippen molar-refractivity contribution in [2.45, 2.75) is 12.5 Å². The molecular weight excluding hydrogens is 221 g/mol. The van der Waals surface area contributed by atoms with Crippen molar-refractivity contribution in [1.29, 1.82) is 0 Å². The highest BCUT2D eigenvalue weighted by atomic mass is 79.9. The van der Waals surface area contributed by atoms with Crippen LogP contribution in [0.4, 0.5) is 4.39 Å². The zero-order valence-electron chi connectivity index (χ0n) is 6.48. The predicted octanol–water partition coefficient (Wildman–Crippen LogP) is 2.62. The van der Waals surface area contributed by atoms with Crippen molar-refractivity contribution < 1.29 is 4.39 Å². The molecular formula is C9H9BrFN. The molecule has 64 valence electrons. The topological polar surface area (TPSA) is 12.0 Å². The Hall–Kier alpha value is -0.410. The standard InChI is InChI=1S/C9H9BrFN/c10-6-2-1-3-7(11)9(6)8-4-5-12-8/h1-3,8,12H,4-5H2/t8-/m1/s1. The molecule has 1 atom stereocenters. The first-order valence-electron chi connectivity index (χ1n) is 3.96. The molecule has 0 radical (unpaired) electrons. The first kappa shape index (κ1) is 8.20. The molecule has 1 aliphatic rings. The molecule has 0 aliphatic carbocycles. The van der Waals surface area contributed by atoms with Gasteiger partial charge in [0.05, 0.1) is 0 Å². The van der Waals surface area contributed by atoms with Gasteiger partial charge in [-0.3, -0.25) is 0 Å². The summed E-state index contributed by atoms with van der Waals surface area (Å²) in [6, 6.07) is 5.29. The third kappa shape index (κ3) is 1.27. The van der Waals surface area contributed by atoms with Gasteiger partial charge in [0.25, 0.3) is 0 Å². The van der Waals surface area contributed by atoms with Crippen LogP contribution in [0.15, 0.2) is 22.7 Å².